The van der Waals surface area contributed by atoms with E-state index in [1.165, 1.54) is 6.07 Å². The van der Waals surface area contributed by atoms with Crippen molar-refractivity contribution in [1.29, 1.82) is 0 Å². The van der Waals surface area contributed by atoms with Crippen molar-refractivity contribution in [3.05, 3.63) is 52.0 Å². The van der Waals surface area contributed by atoms with Crippen molar-refractivity contribution in [3.63, 3.8) is 0 Å². The van der Waals surface area contributed by atoms with E-state index in [1.807, 2.05) is 17.5 Å². The molecule has 1 aromatic heterocycles. The minimum absolute atomic E-state index is 0.124. The number of nitrogens with one attached hydrogen (secondary N) is 1. The molecule has 4 rings (SSSR count). The third-order valence-corrected chi connectivity index (χ3v) is 6.92. The zero-order chi connectivity index (χ0) is 18.3. The van der Waals surface area contributed by atoms with E-state index in [-0.39, 0.29) is 23.6 Å². The van der Waals surface area contributed by atoms with Gasteiger partial charge in [-0.15, -0.1) is 11.3 Å². The summed E-state index contributed by atoms with van der Waals surface area (Å²) in [5, 5.41) is 1.96. The molecule has 2 aromatic rings. The molecule has 0 bridgehead atoms. The van der Waals surface area contributed by atoms with Gasteiger partial charge in [-0.05, 0) is 55.3 Å². The topological polar surface area (TPSA) is 66.5 Å². The van der Waals surface area contributed by atoms with E-state index in [0.29, 0.717) is 6.54 Å². The first-order chi connectivity index (χ1) is 12.4. The van der Waals surface area contributed by atoms with Crippen LogP contribution in [0.3, 0.4) is 0 Å². The standard InChI is InChI=1S/C18H19FN2O3S2/c19-16-8-3-12(10-17(16)26(23,24)20-13-4-5-13)18(22)21(14-6-7-14)11-15-2-1-9-25-15/h1-3,8-10,13-14,20H,4-7,11H2. The van der Waals surface area contributed by atoms with Crippen LogP contribution in [0.5, 0.6) is 0 Å². The Morgan fingerprint density at radius 1 is 1.23 bits per heavy atom. The molecule has 2 fully saturated rings. The van der Waals surface area contributed by atoms with E-state index < -0.39 is 20.7 Å². The first-order valence-corrected chi connectivity index (χ1v) is 11.0. The molecule has 0 saturated heterocycles. The van der Waals surface area contributed by atoms with Crippen molar-refractivity contribution in [2.24, 2.45) is 0 Å². The third-order valence-electron chi connectivity index (χ3n) is 4.52. The SMILES string of the molecule is O=C(c1ccc(F)c(S(=O)(=O)NC2CC2)c1)N(Cc1cccs1)C1CC1. The Balaban J connectivity index is 1.61. The van der Waals surface area contributed by atoms with Crippen LogP contribution in [0.15, 0.2) is 40.6 Å². The third kappa shape index (κ3) is 3.82. The van der Waals surface area contributed by atoms with E-state index in [0.717, 1.165) is 42.7 Å². The van der Waals surface area contributed by atoms with Gasteiger partial charge in [0.15, 0.2) is 0 Å². The Morgan fingerprint density at radius 3 is 2.62 bits per heavy atom. The van der Waals surface area contributed by atoms with Crippen LogP contribution in [0, 0.1) is 5.82 Å². The minimum Gasteiger partial charge on any atom is -0.331 e. The second-order valence-corrected chi connectivity index (χ2v) is 9.50. The van der Waals surface area contributed by atoms with Crippen molar-refractivity contribution in [2.75, 3.05) is 0 Å². The van der Waals surface area contributed by atoms with Crippen molar-refractivity contribution in [1.82, 2.24) is 9.62 Å². The molecule has 1 amide bonds. The first kappa shape index (κ1) is 17.6. The van der Waals surface area contributed by atoms with Gasteiger partial charge in [0.25, 0.3) is 5.91 Å². The van der Waals surface area contributed by atoms with Crippen molar-refractivity contribution in [2.45, 2.75) is 49.2 Å². The average molecular weight is 394 g/mol. The number of sulfonamides is 1. The highest BCUT2D eigenvalue weighted by molar-refractivity contribution is 7.89. The largest absolute Gasteiger partial charge is 0.331 e. The van der Waals surface area contributed by atoms with Gasteiger partial charge in [0, 0.05) is 22.5 Å². The van der Waals surface area contributed by atoms with Crippen LogP contribution >= 0.6 is 11.3 Å². The van der Waals surface area contributed by atoms with E-state index in [2.05, 4.69) is 4.72 Å². The molecule has 0 unspecified atom stereocenters. The predicted molar refractivity (Wildman–Crippen MR) is 97.0 cm³/mol. The molecule has 2 saturated carbocycles. The van der Waals surface area contributed by atoms with Gasteiger partial charge in [0.05, 0.1) is 6.54 Å². The summed E-state index contributed by atoms with van der Waals surface area (Å²) in [5.74, 6) is -1.10. The van der Waals surface area contributed by atoms with Gasteiger partial charge in [-0.25, -0.2) is 17.5 Å². The second kappa shape index (κ2) is 6.75. The number of carbonyl (C=O) groups is 1. The molecule has 0 aliphatic heterocycles. The summed E-state index contributed by atoms with van der Waals surface area (Å²) in [6.45, 7) is 0.487. The van der Waals surface area contributed by atoms with Crippen LogP contribution in [0.1, 0.15) is 40.9 Å². The predicted octanol–water partition coefficient (Wildman–Crippen LogP) is 3.13. The number of benzene rings is 1. The molecule has 0 spiro atoms. The molecule has 8 heteroatoms. The lowest BCUT2D eigenvalue weighted by Gasteiger charge is -2.22. The van der Waals surface area contributed by atoms with E-state index in [4.69, 9.17) is 0 Å². The number of rotatable bonds is 7. The molecule has 0 radical (unpaired) electrons. The Kier molecular flexibility index (Phi) is 4.58. The number of hydrogen-bond acceptors (Lipinski definition) is 4. The van der Waals surface area contributed by atoms with Crippen LogP contribution in [-0.4, -0.2) is 31.3 Å². The summed E-state index contributed by atoms with van der Waals surface area (Å²) in [7, 11) is -3.96. The lowest BCUT2D eigenvalue weighted by atomic mass is 10.2. The van der Waals surface area contributed by atoms with Crippen LogP contribution in [-0.2, 0) is 16.6 Å². The van der Waals surface area contributed by atoms with Crippen molar-refractivity contribution in [3.8, 4) is 0 Å². The smallest absolute Gasteiger partial charge is 0.254 e. The molecule has 138 valence electrons. The van der Waals surface area contributed by atoms with Crippen LogP contribution in [0.25, 0.3) is 0 Å². The Hall–Kier alpha value is -1.77. The fraction of sp³-hybridized carbons (Fsp3) is 0.389. The summed E-state index contributed by atoms with van der Waals surface area (Å²) in [4.78, 5) is 15.3. The number of hydrogen-bond donors (Lipinski definition) is 1. The zero-order valence-corrected chi connectivity index (χ0v) is 15.7. The molecule has 1 heterocycles. The maximum Gasteiger partial charge on any atom is 0.254 e. The fourth-order valence-corrected chi connectivity index (χ4v) is 4.93. The molecule has 1 N–H and O–H groups in total. The number of halogens is 1. The zero-order valence-electron chi connectivity index (χ0n) is 14.0. The average Bonchev–Trinajstić information content (AvgIpc) is 3.53. The summed E-state index contributed by atoms with van der Waals surface area (Å²) in [5.41, 5.74) is 0.200. The summed E-state index contributed by atoms with van der Waals surface area (Å²) in [6.07, 6.45) is 3.39. The lowest BCUT2D eigenvalue weighted by Crippen LogP contribution is -2.33. The van der Waals surface area contributed by atoms with Crippen molar-refractivity contribution >= 4 is 27.3 Å². The highest BCUT2D eigenvalue weighted by Crippen LogP contribution is 2.31. The minimum atomic E-state index is -3.96. The number of thiophene rings is 1. The van der Waals surface area contributed by atoms with Crippen LogP contribution in [0.4, 0.5) is 4.39 Å². The number of amides is 1. The molecule has 0 atom stereocenters. The molecular weight excluding hydrogens is 375 g/mol. The molecular formula is C18H19FN2O3S2. The Labute approximate surface area is 155 Å². The first-order valence-electron chi connectivity index (χ1n) is 8.59. The van der Waals surface area contributed by atoms with Gasteiger partial charge in [-0.2, -0.15) is 0 Å². The summed E-state index contributed by atoms with van der Waals surface area (Å²) in [6, 6.07) is 7.52. The summed E-state index contributed by atoms with van der Waals surface area (Å²) >= 11 is 1.57. The van der Waals surface area contributed by atoms with Gasteiger partial charge < -0.3 is 4.90 Å². The van der Waals surface area contributed by atoms with Gasteiger partial charge in [0.1, 0.15) is 10.7 Å². The Morgan fingerprint density at radius 2 is 2.00 bits per heavy atom. The molecule has 2 aliphatic rings. The Bertz CT molecular complexity index is 920. The van der Waals surface area contributed by atoms with Gasteiger partial charge in [-0.1, -0.05) is 6.07 Å². The van der Waals surface area contributed by atoms with Gasteiger partial charge in [-0.3, -0.25) is 4.79 Å². The van der Waals surface area contributed by atoms with Crippen molar-refractivity contribution < 1.29 is 17.6 Å². The maximum absolute atomic E-state index is 14.1. The highest BCUT2D eigenvalue weighted by Gasteiger charge is 2.35. The normalized spacial score (nSPS) is 17.3. The molecule has 26 heavy (non-hydrogen) atoms. The number of carbonyl (C=O) groups excluding carboxylic acids is 1. The number of nitrogens with zero attached hydrogens (tertiary/aromatic N) is 1. The van der Waals surface area contributed by atoms with Crippen LogP contribution < -0.4 is 4.72 Å². The van der Waals surface area contributed by atoms with E-state index in [1.54, 1.807) is 16.2 Å². The van der Waals surface area contributed by atoms with E-state index >= 15 is 0 Å². The van der Waals surface area contributed by atoms with E-state index in [9.17, 15) is 17.6 Å². The second-order valence-electron chi connectivity index (χ2n) is 6.78. The summed E-state index contributed by atoms with van der Waals surface area (Å²) < 4.78 is 41.3. The van der Waals surface area contributed by atoms with Gasteiger partial charge in [0.2, 0.25) is 10.0 Å². The van der Waals surface area contributed by atoms with Crippen LogP contribution in [0.2, 0.25) is 0 Å². The molecule has 1 aromatic carbocycles. The lowest BCUT2D eigenvalue weighted by molar-refractivity contribution is 0.0731. The van der Waals surface area contributed by atoms with Gasteiger partial charge >= 0.3 is 0 Å². The fourth-order valence-electron chi connectivity index (χ4n) is 2.82. The monoisotopic (exact) mass is 394 g/mol. The molecule has 2 aliphatic carbocycles. The highest BCUT2D eigenvalue weighted by atomic mass is 32.2. The quantitative estimate of drug-likeness (QED) is 0.785. The maximum atomic E-state index is 14.1. The molecule has 5 nitrogen and oxygen atoms in total.